The van der Waals surface area contributed by atoms with Gasteiger partial charge in [0.15, 0.2) is 0 Å². The predicted molar refractivity (Wildman–Crippen MR) is 359 cm³/mol. The molecule has 3 fully saturated rings. The standard InChI is InChI=1S/C75H87F7N8O8/c1-85(68(92)45-53-22-28-61(29-23-53)83-35-13-5-8-21-67(91)87(3)43-44-88-38-30-62(31-39-88)98-71(95)84-65-20-12-10-18-63(65)54-15-6-4-7-16-54)36-14-37-86(2)69(93)50-96-66-48-55-17-9-11-19-64(55)72(66)32-40-89(41-33-72)42-34-73(57-24-26-60(76)27-25-57)51-90(52-97-73)70(94)56-46-58(74(77,78)79)49-59(47-56)75(80,81)82/h4,6-7,9-12,15-20,22-29,46-47,49,62,66,83H,5,8,13-14,21,30-45,48,50-52H2,1-3H3,(H,84,95)/t66-,73-/m0/s1. The van der Waals surface area contributed by atoms with E-state index in [1.165, 1.54) is 29.8 Å². The van der Waals surface area contributed by atoms with Gasteiger partial charge in [-0.2, -0.15) is 26.3 Å². The summed E-state index contributed by atoms with van der Waals surface area (Å²) in [4.78, 5) is 77.3. The first-order chi connectivity index (χ1) is 46.9. The highest BCUT2D eigenvalue weighted by atomic mass is 19.4. The van der Waals surface area contributed by atoms with Gasteiger partial charge >= 0.3 is 18.4 Å². The number of amides is 5. The fraction of sp³-hybridized carbons (Fsp3) is 0.453. The number of hydrogen-bond acceptors (Lipinski definition) is 11. The number of anilines is 2. The molecule has 0 unspecified atom stereocenters. The van der Waals surface area contributed by atoms with Crippen LogP contribution in [0.1, 0.15) is 108 Å². The first kappa shape index (κ1) is 72.4. The quantitative estimate of drug-likeness (QED) is 0.0374. The highest BCUT2D eigenvalue weighted by Gasteiger charge is 2.50. The number of piperidine rings is 2. The number of fused-ring (bicyclic) bond motifs is 2. The van der Waals surface area contributed by atoms with Crippen molar-refractivity contribution in [3.05, 3.63) is 190 Å². The topological polar surface area (TPSA) is 157 Å². The molecule has 6 aromatic rings. The number of para-hydroxylation sites is 1. The van der Waals surface area contributed by atoms with E-state index in [0.29, 0.717) is 94.8 Å². The van der Waals surface area contributed by atoms with E-state index in [4.69, 9.17) is 14.2 Å². The molecule has 0 radical (unpaired) electrons. The predicted octanol–water partition coefficient (Wildman–Crippen LogP) is 12.9. The molecule has 98 heavy (non-hydrogen) atoms. The van der Waals surface area contributed by atoms with Crippen molar-refractivity contribution in [3.8, 4) is 11.1 Å². The van der Waals surface area contributed by atoms with Crippen molar-refractivity contribution in [1.29, 1.82) is 0 Å². The van der Waals surface area contributed by atoms with Gasteiger partial charge < -0.3 is 48.9 Å². The molecule has 5 amide bonds. The minimum absolute atomic E-state index is 0.0277. The lowest BCUT2D eigenvalue weighted by Crippen LogP contribution is -2.50. The van der Waals surface area contributed by atoms with Crippen molar-refractivity contribution in [2.75, 3.05) is 117 Å². The van der Waals surface area contributed by atoms with E-state index in [0.717, 1.165) is 91.1 Å². The van der Waals surface area contributed by atoms with Crippen molar-refractivity contribution in [2.24, 2.45) is 0 Å². The molecular weight excluding hydrogens is 1270 g/mol. The van der Waals surface area contributed by atoms with Gasteiger partial charge in [-0.3, -0.25) is 24.5 Å². The van der Waals surface area contributed by atoms with E-state index in [1.54, 1.807) is 28.8 Å². The third kappa shape index (κ3) is 18.7. The molecule has 16 nitrogen and oxygen atoms in total. The van der Waals surface area contributed by atoms with E-state index in [9.17, 15) is 54.7 Å². The van der Waals surface area contributed by atoms with Crippen LogP contribution in [0.25, 0.3) is 11.1 Å². The minimum atomic E-state index is -5.15. The van der Waals surface area contributed by atoms with Gasteiger partial charge in [0.1, 0.15) is 30.9 Å². The third-order valence-corrected chi connectivity index (χ3v) is 19.8. The van der Waals surface area contributed by atoms with Crippen LogP contribution >= 0.6 is 0 Å². The Morgan fingerprint density at radius 3 is 1.98 bits per heavy atom. The largest absolute Gasteiger partial charge is 0.446 e. The Morgan fingerprint density at radius 1 is 0.653 bits per heavy atom. The lowest BCUT2D eigenvalue weighted by atomic mass is 9.72. The lowest BCUT2D eigenvalue weighted by Gasteiger charge is -2.44. The number of alkyl halides is 6. The SMILES string of the molecule is CN(CCN1CCC(OC(=O)Nc2ccccc2-c2ccccc2)CC1)C(=O)CCCCCNc1ccc(CC(=O)N(C)CCCN(C)C(=O)CO[C@H]2Cc3ccccc3C23CCN(CC[C@@]2(c4ccc(F)cc4)CN(C(=O)c4cc(C(F)(F)F)cc(C(F)(F)F)c4)CO2)CC3)cc1. The fourth-order valence-corrected chi connectivity index (χ4v) is 13.8. The summed E-state index contributed by atoms with van der Waals surface area (Å²) in [7, 11) is 5.34. The highest BCUT2D eigenvalue weighted by molar-refractivity contribution is 5.95. The van der Waals surface area contributed by atoms with Gasteiger partial charge in [0, 0.05) is 102 Å². The van der Waals surface area contributed by atoms with Crippen molar-refractivity contribution < 1.29 is 68.9 Å². The Bertz CT molecular complexity index is 3650. The molecule has 4 aliphatic rings. The maximum Gasteiger partial charge on any atom is 0.416 e. The summed E-state index contributed by atoms with van der Waals surface area (Å²) < 4.78 is 116. The van der Waals surface area contributed by atoms with Gasteiger partial charge in [0.25, 0.3) is 5.91 Å². The second-order valence-corrected chi connectivity index (χ2v) is 26.4. The molecule has 23 heteroatoms. The number of ether oxygens (including phenoxy) is 3. The second-order valence-electron chi connectivity index (χ2n) is 26.4. The molecular formula is C75H87F7N8O8. The first-order valence-corrected chi connectivity index (χ1v) is 33.8. The van der Waals surface area contributed by atoms with Crippen LogP contribution in [0.15, 0.2) is 146 Å². The number of rotatable bonds is 27. The molecule has 3 heterocycles. The van der Waals surface area contributed by atoms with Crippen LogP contribution in [-0.2, 0) is 64.8 Å². The summed E-state index contributed by atoms with van der Waals surface area (Å²) in [6, 6.07) is 39.8. The molecule has 524 valence electrons. The average Bonchev–Trinajstić information content (AvgIpc) is 1.58. The molecule has 1 spiro atoms. The highest BCUT2D eigenvalue weighted by Crippen LogP contribution is 2.48. The van der Waals surface area contributed by atoms with Crippen LogP contribution in [0.3, 0.4) is 0 Å². The van der Waals surface area contributed by atoms with E-state index in [2.05, 4.69) is 32.6 Å². The summed E-state index contributed by atoms with van der Waals surface area (Å²) in [6.07, 6.45) is -3.66. The third-order valence-electron chi connectivity index (χ3n) is 19.8. The van der Waals surface area contributed by atoms with Gasteiger partial charge in [-0.05, 0) is 147 Å². The zero-order valence-electron chi connectivity index (χ0n) is 55.8. The minimum Gasteiger partial charge on any atom is -0.446 e. The summed E-state index contributed by atoms with van der Waals surface area (Å²) >= 11 is 0. The molecule has 3 aliphatic heterocycles. The second kappa shape index (κ2) is 32.5. The molecule has 0 aromatic heterocycles. The van der Waals surface area contributed by atoms with Gasteiger partial charge in [-0.15, -0.1) is 0 Å². The first-order valence-electron chi connectivity index (χ1n) is 33.8. The number of nitrogens with zero attached hydrogens (tertiary/aromatic N) is 6. The van der Waals surface area contributed by atoms with Crippen LogP contribution < -0.4 is 10.6 Å². The Hall–Kier alpha value is -8.38. The Morgan fingerprint density at radius 2 is 1.29 bits per heavy atom. The van der Waals surface area contributed by atoms with Crippen molar-refractivity contribution in [1.82, 2.24) is 29.4 Å². The molecule has 2 N–H and O–H groups in total. The number of likely N-dealkylation sites (N-methyl/N-ethyl adjacent to an activating group) is 3. The number of nitrogens with one attached hydrogen (secondary N) is 2. The van der Waals surface area contributed by atoms with E-state index in [-0.39, 0.29) is 62.0 Å². The van der Waals surface area contributed by atoms with Crippen LogP contribution in [0.5, 0.6) is 0 Å². The molecule has 2 atom stereocenters. The molecule has 3 saturated heterocycles. The summed E-state index contributed by atoms with van der Waals surface area (Å²) in [5.74, 6) is -1.70. The van der Waals surface area contributed by atoms with Crippen molar-refractivity contribution in [2.45, 2.75) is 113 Å². The number of likely N-dealkylation sites (tertiary alicyclic amines) is 2. The van der Waals surface area contributed by atoms with Gasteiger partial charge in [-0.25, -0.2) is 9.18 Å². The van der Waals surface area contributed by atoms with Gasteiger partial charge in [-0.1, -0.05) is 103 Å². The van der Waals surface area contributed by atoms with Crippen molar-refractivity contribution in [3.63, 3.8) is 0 Å². The number of unbranched alkanes of at least 4 members (excludes halogenated alkanes) is 2. The monoisotopic (exact) mass is 1360 g/mol. The van der Waals surface area contributed by atoms with Crippen LogP contribution in [0.4, 0.5) is 46.9 Å². The fourth-order valence-electron chi connectivity index (χ4n) is 13.8. The summed E-state index contributed by atoms with van der Waals surface area (Å²) in [5, 5.41) is 6.38. The van der Waals surface area contributed by atoms with E-state index in [1.807, 2.05) is 98.0 Å². The van der Waals surface area contributed by atoms with Crippen LogP contribution in [0, 0.1) is 5.82 Å². The number of halogens is 7. The molecule has 6 aromatic carbocycles. The average molecular weight is 1360 g/mol. The summed E-state index contributed by atoms with van der Waals surface area (Å²) in [6.45, 7) is 5.44. The van der Waals surface area contributed by atoms with Crippen molar-refractivity contribution >= 4 is 41.1 Å². The number of hydrogen-bond donors (Lipinski definition) is 2. The molecule has 10 rings (SSSR count). The molecule has 0 saturated carbocycles. The van der Waals surface area contributed by atoms with Crippen LogP contribution in [-0.4, -0.2) is 178 Å². The Balaban J connectivity index is 0.595. The summed E-state index contributed by atoms with van der Waals surface area (Å²) in [5.41, 5.74) is 1.61. The molecule has 1 aliphatic carbocycles. The smallest absolute Gasteiger partial charge is 0.416 e. The zero-order chi connectivity index (χ0) is 69.6. The Kier molecular flexibility index (Phi) is 24.0. The maximum absolute atomic E-state index is 14.2. The lowest BCUT2D eigenvalue weighted by molar-refractivity contribution is -0.143. The van der Waals surface area contributed by atoms with E-state index >= 15 is 0 Å². The Labute approximate surface area is 568 Å². The number of carbonyl (C=O) groups excluding carboxylic acids is 5. The van der Waals surface area contributed by atoms with E-state index < -0.39 is 64.6 Å². The maximum atomic E-state index is 14.2. The zero-order valence-corrected chi connectivity index (χ0v) is 55.8. The molecule has 0 bridgehead atoms. The van der Waals surface area contributed by atoms with Crippen LogP contribution in [0.2, 0.25) is 0 Å². The van der Waals surface area contributed by atoms with Gasteiger partial charge in [0.05, 0.1) is 35.9 Å². The van der Waals surface area contributed by atoms with Gasteiger partial charge in [0.2, 0.25) is 17.7 Å². The normalized spacial score (nSPS) is 18.1. The number of carbonyl (C=O) groups is 5. The number of benzene rings is 6.